The number of esters is 1. The van der Waals surface area contributed by atoms with E-state index in [9.17, 15) is 22.4 Å². The van der Waals surface area contributed by atoms with Crippen molar-refractivity contribution in [3.8, 4) is 11.5 Å². The fraction of sp³-hybridized carbons (Fsp3) is 0.250. The minimum Gasteiger partial charge on any atom is -0.493 e. The van der Waals surface area contributed by atoms with Gasteiger partial charge >= 0.3 is 12.1 Å². The fourth-order valence-electron chi connectivity index (χ4n) is 3.35. The summed E-state index contributed by atoms with van der Waals surface area (Å²) in [6.07, 6.45) is -2.04. The Labute approximate surface area is 217 Å². The van der Waals surface area contributed by atoms with Crippen molar-refractivity contribution >= 4 is 23.4 Å². The molecule has 0 aliphatic carbocycles. The summed E-state index contributed by atoms with van der Waals surface area (Å²) in [5.41, 5.74) is 14.5. The fourth-order valence-corrected chi connectivity index (χ4v) is 3.35. The number of carbonyl (C=O) groups is 1. The van der Waals surface area contributed by atoms with Crippen LogP contribution in [0.5, 0.6) is 11.5 Å². The largest absolute Gasteiger partial charge is 0.493 e. The van der Waals surface area contributed by atoms with Gasteiger partial charge in [-0.15, -0.1) is 0 Å². The van der Waals surface area contributed by atoms with Crippen LogP contribution in [0, 0.1) is 5.82 Å². The van der Waals surface area contributed by atoms with E-state index in [1.165, 1.54) is 18.2 Å². The molecule has 0 aliphatic heterocycles. The summed E-state index contributed by atoms with van der Waals surface area (Å²) in [4.78, 5) is 12.0. The molecule has 0 aliphatic rings. The summed E-state index contributed by atoms with van der Waals surface area (Å²) in [6, 6.07) is 16.0. The minimum absolute atomic E-state index is 0.0553. The van der Waals surface area contributed by atoms with Crippen molar-refractivity contribution in [3.63, 3.8) is 0 Å². The third kappa shape index (κ3) is 9.68. The van der Waals surface area contributed by atoms with Gasteiger partial charge in [0.25, 0.3) is 0 Å². The van der Waals surface area contributed by atoms with Gasteiger partial charge in [-0.1, -0.05) is 18.2 Å². The average molecular weight is 533 g/mol. The van der Waals surface area contributed by atoms with Gasteiger partial charge < -0.3 is 25.7 Å². The van der Waals surface area contributed by atoms with Gasteiger partial charge in [-0.2, -0.15) is 13.2 Å². The molecule has 0 atom stereocenters. The van der Waals surface area contributed by atoms with Gasteiger partial charge in [-0.25, -0.2) is 9.18 Å². The average Bonchev–Trinajstić information content (AvgIpc) is 2.86. The van der Waals surface area contributed by atoms with Crippen molar-refractivity contribution in [1.29, 1.82) is 0 Å². The van der Waals surface area contributed by atoms with Gasteiger partial charge in [0.1, 0.15) is 23.9 Å². The third-order valence-corrected chi connectivity index (χ3v) is 5.37. The highest BCUT2D eigenvalue weighted by molar-refractivity contribution is 5.87. The smallest absolute Gasteiger partial charge is 0.389 e. The first-order chi connectivity index (χ1) is 18.1. The molecule has 0 bridgehead atoms. The zero-order valence-corrected chi connectivity index (χ0v) is 20.5. The molecule has 3 aromatic rings. The van der Waals surface area contributed by atoms with Crippen LogP contribution in [0.2, 0.25) is 0 Å². The van der Waals surface area contributed by atoms with E-state index in [1.54, 1.807) is 48.5 Å². The van der Waals surface area contributed by atoms with Crippen LogP contribution < -0.4 is 20.9 Å². The molecule has 3 aromatic carbocycles. The molecule has 0 aromatic heterocycles. The topological polar surface area (TPSA) is 96.8 Å². The van der Waals surface area contributed by atoms with E-state index < -0.39 is 24.4 Å². The number of hydrogen-bond donors (Lipinski definition) is 2. The first-order valence-electron chi connectivity index (χ1n) is 11.8. The molecule has 0 saturated carbocycles. The standard InChI is InChI=1S/C28H28F4N2O4/c29-25-17-24(36-14-1-13-28(30,31)32)10-6-21(25)18-38-23-8-2-19(3-9-23)4-11-27(35)37-15-12-20-5-7-22(33)16-26(20)34/h2-11,16-17H,1,12-15,18,33-34H2. The lowest BCUT2D eigenvalue weighted by Crippen LogP contribution is -2.09. The molecule has 0 unspecified atom stereocenters. The Morgan fingerprint density at radius 1 is 0.868 bits per heavy atom. The minimum atomic E-state index is -4.25. The van der Waals surface area contributed by atoms with E-state index >= 15 is 0 Å². The maximum absolute atomic E-state index is 14.3. The molecule has 0 heterocycles. The highest BCUT2D eigenvalue weighted by Gasteiger charge is 2.26. The number of ether oxygens (including phenoxy) is 3. The number of nitrogens with two attached hydrogens (primary N) is 2. The number of rotatable bonds is 12. The predicted octanol–water partition coefficient (Wildman–Crippen LogP) is 6.09. The molecular formula is C28H28F4N2O4. The highest BCUT2D eigenvalue weighted by atomic mass is 19.4. The second-order valence-corrected chi connectivity index (χ2v) is 8.39. The van der Waals surface area contributed by atoms with Crippen LogP contribution >= 0.6 is 0 Å². The quantitative estimate of drug-likeness (QED) is 0.0964. The van der Waals surface area contributed by atoms with Gasteiger partial charge in [0.05, 0.1) is 13.2 Å². The molecule has 0 spiro atoms. The lowest BCUT2D eigenvalue weighted by molar-refractivity contribution is -0.138. The molecular weight excluding hydrogens is 504 g/mol. The van der Waals surface area contributed by atoms with Crippen LogP contribution in [0.25, 0.3) is 6.08 Å². The number of hydrogen-bond acceptors (Lipinski definition) is 6. The highest BCUT2D eigenvalue weighted by Crippen LogP contribution is 2.23. The molecule has 0 fully saturated rings. The molecule has 10 heteroatoms. The maximum Gasteiger partial charge on any atom is 0.389 e. The van der Waals surface area contributed by atoms with Crippen LogP contribution in [-0.4, -0.2) is 25.4 Å². The number of benzene rings is 3. The summed E-state index contributed by atoms with van der Waals surface area (Å²) >= 11 is 0. The molecule has 0 radical (unpaired) electrons. The number of carbonyl (C=O) groups excluding carboxylic acids is 1. The van der Waals surface area contributed by atoms with Crippen molar-refractivity contribution in [2.24, 2.45) is 0 Å². The normalized spacial score (nSPS) is 11.5. The maximum atomic E-state index is 14.3. The molecule has 4 N–H and O–H groups in total. The second kappa shape index (κ2) is 13.4. The van der Waals surface area contributed by atoms with Gasteiger partial charge in [-0.3, -0.25) is 0 Å². The predicted molar refractivity (Wildman–Crippen MR) is 137 cm³/mol. The number of anilines is 2. The Balaban J connectivity index is 1.41. The molecule has 6 nitrogen and oxygen atoms in total. The molecule has 38 heavy (non-hydrogen) atoms. The lowest BCUT2D eigenvalue weighted by atomic mass is 10.1. The summed E-state index contributed by atoms with van der Waals surface area (Å²) in [6.45, 7) is -0.0436. The van der Waals surface area contributed by atoms with Crippen molar-refractivity contribution in [1.82, 2.24) is 0 Å². The number of halogens is 4. The van der Waals surface area contributed by atoms with Crippen LogP contribution in [-0.2, 0) is 22.6 Å². The van der Waals surface area contributed by atoms with Crippen LogP contribution in [0.3, 0.4) is 0 Å². The van der Waals surface area contributed by atoms with Crippen LogP contribution in [0.4, 0.5) is 28.9 Å². The first kappa shape index (κ1) is 28.4. The number of nitrogen functional groups attached to an aromatic ring is 2. The Bertz CT molecular complexity index is 1240. The Morgan fingerprint density at radius 2 is 1.58 bits per heavy atom. The summed E-state index contributed by atoms with van der Waals surface area (Å²) < 4.78 is 66.8. The van der Waals surface area contributed by atoms with Crippen LogP contribution in [0.15, 0.2) is 66.7 Å². The van der Waals surface area contributed by atoms with Crippen molar-refractivity contribution < 1.29 is 36.6 Å². The molecule has 202 valence electrons. The Kier molecular flexibility index (Phi) is 9.98. The second-order valence-electron chi connectivity index (χ2n) is 8.39. The Hall–Kier alpha value is -4.21. The van der Waals surface area contributed by atoms with Gasteiger partial charge in [0, 0.05) is 41.9 Å². The summed E-state index contributed by atoms with van der Waals surface area (Å²) in [7, 11) is 0. The Morgan fingerprint density at radius 3 is 2.26 bits per heavy atom. The van der Waals surface area contributed by atoms with E-state index in [0.29, 0.717) is 23.5 Å². The van der Waals surface area contributed by atoms with Crippen molar-refractivity contribution in [2.45, 2.75) is 32.0 Å². The van der Waals surface area contributed by atoms with E-state index in [0.717, 1.165) is 17.2 Å². The zero-order valence-electron chi connectivity index (χ0n) is 20.5. The van der Waals surface area contributed by atoms with Gasteiger partial charge in [0.15, 0.2) is 0 Å². The monoisotopic (exact) mass is 532 g/mol. The van der Waals surface area contributed by atoms with Crippen LogP contribution in [0.1, 0.15) is 29.5 Å². The van der Waals surface area contributed by atoms with Gasteiger partial charge in [0.2, 0.25) is 0 Å². The van der Waals surface area contributed by atoms with Crippen molar-refractivity contribution in [2.75, 3.05) is 24.7 Å². The van der Waals surface area contributed by atoms with E-state index in [1.807, 2.05) is 0 Å². The SMILES string of the molecule is Nc1ccc(CCOC(=O)C=Cc2ccc(OCc3ccc(OCCCC(F)(F)F)cc3F)cc2)c(N)c1. The molecule has 0 amide bonds. The first-order valence-corrected chi connectivity index (χ1v) is 11.8. The van der Waals surface area contributed by atoms with E-state index in [2.05, 4.69) is 0 Å². The van der Waals surface area contributed by atoms with E-state index in [-0.39, 0.29) is 37.6 Å². The number of alkyl halides is 3. The lowest BCUT2D eigenvalue weighted by Gasteiger charge is -2.11. The third-order valence-electron chi connectivity index (χ3n) is 5.37. The van der Waals surface area contributed by atoms with Crippen molar-refractivity contribution in [3.05, 3.63) is 89.2 Å². The summed E-state index contributed by atoms with van der Waals surface area (Å²) in [5.74, 6) is -0.451. The molecule has 3 rings (SSSR count). The van der Waals surface area contributed by atoms with E-state index in [4.69, 9.17) is 25.7 Å². The zero-order chi connectivity index (χ0) is 27.5. The van der Waals surface area contributed by atoms with Gasteiger partial charge in [-0.05, 0) is 60.0 Å². The summed E-state index contributed by atoms with van der Waals surface area (Å²) in [5, 5.41) is 0. The molecule has 0 saturated heterocycles.